The van der Waals surface area contributed by atoms with E-state index in [2.05, 4.69) is 31.8 Å². The van der Waals surface area contributed by atoms with Gasteiger partial charge in [-0.15, -0.1) is 10.2 Å². The molecule has 0 radical (unpaired) electrons. The van der Waals surface area contributed by atoms with E-state index < -0.39 is 0 Å². The van der Waals surface area contributed by atoms with Crippen molar-refractivity contribution in [3.63, 3.8) is 0 Å². The minimum absolute atomic E-state index is 0.677. The van der Waals surface area contributed by atoms with Crippen LogP contribution in [0.1, 0.15) is 0 Å². The molecule has 0 amide bonds. The van der Waals surface area contributed by atoms with Gasteiger partial charge < -0.3 is 5.32 Å². The fraction of sp³-hybridized carbons (Fsp3) is 0.200. The maximum Gasteiger partial charge on any atom is 0.183 e. The first kappa shape index (κ1) is 10.2. The summed E-state index contributed by atoms with van der Waals surface area (Å²) >= 11 is 1.65. The summed E-state index contributed by atoms with van der Waals surface area (Å²) in [6.07, 6.45) is 1.43. The normalized spacial score (nSPS) is 10.8. The quantitative estimate of drug-likeness (QED) is 0.753. The zero-order valence-electron chi connectivity index (χ0n) is 8.95. The molecule has 1 N–H and O–H groups in total. The largest absolute Gasteiger partial charge is 0.360 e. The lowest BCUT2D eigenvalue weighted by molar-refractivity contribution is 0.538. The summed E-state index contributed by atoms with van der Waals surface area (Å²) < 4.78 is 1.19. The molecule has 7 heteroatoms. The van der Waals surface area contributed by atoms with Crippen LogP contribution >= 0.6 is 11.3 Å². The first-order valence-corrected chi connectivity index (χ1v) is 6.04. The second kappa shape index (κ2) is 4.46. The summed E-state index contributed by atoms with van der Waals surface area (Å²) in [5.41, 5.74) is 1.03. The van der Waals surface area contributed by atoms with Gasteiger partial charge in [0, 0.05) is 6.54 Å². The minimum atomic E-state index is 0.677. The van der Waals surface area contributed by atoms with Crippen molar-refractivity contribution in [2.45, 2.75) is 6.54 Å². The second-order valence-corrected chi connectivity index (χ2v) is 4.48. The number of hydrogen-bond donors (Lipinski definition) is 1. The highest BCUT2D eigenvalue weighted by atomic mass is 32.1. The molecule has 0 bridgehead atoms. The van der Waals surface area contributed by atoms with E-state index in [1.165, 1.54) is 11.0 Å². The lowest BCUT2D eigenvalue weighted by Gasteiger charge is -1.99. The van der Waals surface area contributed by atoms with Crippen LogP contribution < -0.4 is 5.32 Å². The Morgan fingerprint density at radius 2 is 2.24 bits per heavy atom. The Labute approximate surface area is 101 Å². The number of benzene rings is 1. The van der Waals surface area contributed by atoms with Crippen molar-refractivity contribution in [2.24, 2.45) is 0 Å². The molecule has 3 rings (SSSR count). The molecule has 1 aromatic carbocycles. The SMILES string of the molecule is c1ccc2sc(NCCn3ncnn3)nc2c1. The number of nitrogens with one attached hydrogen (secondary N) is 1. The van der Waals surface area contributed by atoms with Crippen molar-refractivity contribution >= 4 is 26.7 Å². The van der Waals surface area contributed by atoms with Gasteiger partial charge in [0.05, 0.1) is 16.8 Å². The van der Waals surface area contributed by atoms with Gasteiger partial charge in [0.2, 0.25) is 0 Å². The number of para-hydroxylation sites is 1. The summed E-state index contributed by atoms with van der Waals surface area (Å²) in [4.78, 5) is 6.02. The maximum absolute atomic E-state index is 4.47. The molecule has 3 aromatic rings. The maximum atomic E-state index is 4.47. The third-order valence-electron chi connectivity index (χ3n) is 2.27. The zero-order valence-corrected chi connectivity index (χ0v) is 9.76. The van der Waals surface area contributed by atoms with E-state index in [-0.39, 0.29) is 0 Å². The van der Waals surface area contributed by atoms with Crippen LogP contribution in [0.4, 0.5) is 5.13 Å². The minimum Gasteiger partial charge on any atom is -0.360 e. The van der Waals surface area contributed by atoms with Gasteiger partial charge in [-0.05, 0) is 17.3 Å². The number of rotatable bonds is 4. The van der Waals surface area contributed by atoms with Crippen molar-refractivity contribution in [2.75, 3.05) is 11.9 Å². The summed E-state index contributed by atoms with van der Waals surface area (Å²) in [6.45, 7) is 1.41. The molecular weight excluding hydrogens is 236 g/mol. The molecule has 2 aromatic heterocycles. The number of thiazole rings is 1. The Bertz CT molecular complexity index is 569. The number of tetrazole rings is 1. The zero-order chi connectivity index (χ0) is 11.5. The molecule has 0 aliphatic carbocycles. The Hall–Kier alpha value is -2.02. The number of hydrogen-bond acceptors (Lipinski definition) is 6. The van der Waals surface area contributed by atoms with E-state index in [1.54, 1.807) is 16.1 Å². The fourth-order valence-electron chi connectivity index (χ4n) is 1.50. The summed E-state index contributed by atoms with van der Waals surface area (Å²) in [5.74, 6) is 0. The van der Waals surface area contributed by atoms with Crippen molar-refractivity contribution in [3.8, 4) is 0 Å². The molecule has 0 unspecified atom stereocenters. The monoisotopic (exact) mass is 246 g/mol. The van der Waals surface area contributed by atoms with Gasteiger partial charge in [0.1, 0.15) is 0 Å². The number of fused-ring (bicyclic) bond motifs is 1. The van der Waals surface area contributed by atoms with Crippen LogP contribution in [-0.4, -0.2) is 31.7 Å². The molecule has 0 atom stereocenters. The highest BCUT2D eigenvalue weighted by molar-refractivity contribution is 7.22. The lowest BCUT2D eigenvalue weighted by atomic mass is 10.3. The average molecular weight is 246 g/mol. The standard InChI is InChI=1S/C10H10N6S/c1-2-4-9-8(3-1)14-10(17-9)11-5-6-16-13-7-12-15-16/h1-4,7H,5-6H2,(H,11,14). The summed E-state index contributed by atoms with van der Waals surface area (Å²) in [5, 5.41) is 15.5. The average Bonchev–Trinajstić information content (AvgIpc) is 2.96. The summed E-state index contributed by atoms with van der Waals surface area (Å²) in [6, 6.07) is 8.09. The molecule has 86 valence electrons. The molecule has 0 aliphatic rings. The van der Waals surface area contributed by atoms with Crippen molar-refractivity contribution in [1.82, 2.24) is 25.2 Å². The Balaban J connectivity index is 1.65. The van der Waals surface area contributed by atoms with Gasteiger partial charge in [0.15, 0.2) is 11.5 Å². The van der Waals surface area contributed by atoms with E-state index in [1.807, 2.05) is 18.2 Å². The molecule has 6 nitrogen and oxygen atoms in total. The smallest absolute Gasteiger partial charge is 0.183 e. The molecule has 0 saturated carbocycles. The third kappa shape index (κ3) is 2.23. The van der Waals surface area contributed by atoms with Crippen LogP contribution in [0.2, 0.25) is 0 Å². The van der Waals surface area contributed by atoms with Gasteiger partial charge in [-0.25, -0.2) is 4.98 Å². The van der Waals surface area contributed by atoms with Gasteiger partial charge in [-0.1, -0.05) is 23.5 Å². The number of anilines is 1. The van der Waals surface area contributed by atoms with E-state index in [0.717, 1.165) is 17.2 Å². The van der Waals surface area contributed by atoms with Crippen LogP contribution in [0.25, 0.3) is 10.2 Å². The van der Waals surface area contributed by atoms with Gasteiger partial charge >= 0.3 is 0 Å². The predicted molar refractivity (Wildman–Crippen MR) is 65.9 cm³/mol. The van der Waals surface area contributed by atoms with Crippen molar-refractivity contribution in [1.29, 1.82) is 0 Å². The first-order chi connectivity index (χ1) is 8.42. The molecule has 2 heterocycles. The van der Waals surface area contributed by atoms with Crippen molar-refractivity contribution in [3.05, 3.63) is 30.6 Å². The van der Waals surface area contributed by atoms with Gasteiger partial charge in [-0.3, -0.25) is 0 Å². The van der Waals surface area contributed by atoms with Crippen molar-refractivity contribution < 1.29 is 0 Å². The topological polar surface area (TPSA) is 68.5 Å². The lowest BCUT2D eigenvalue weighted by Crippen LogP contribution is -2.12. The second-order valence-electron chi connectivity index (χ2n) is 3.45. The first-order valence-electron chi connectivity index (χ1n) is 5.22. The number of aromatic nitrogens is 5. The molecular formula is C10H10N6S. The van der Waals surface area contributed by atoms with Crippen LogP contribution in [0, 0.1) is 0 Å². The Morgan fingerprint density at radius 3 is 3.06 bits per heavy atom. The molecule has 17 heavy (non-hydrogen) atoms. The summed E-state index contributed by atoms with van der Waals surface area (Å²) in [7, 11) is 0. The molecule has 0 aliphatic heterocycles. The molecule has 0 spiro atoms. The molecule has 0 fully saturated rings. The highest BCUT2D eigenvalue weighted by Crippen LogP contribution is 2.24. The predicted octanol–water partition coefficient (Wildman–Crippen LogP) is 1.39. The Morgan fingerprint density at radius 1 is 1.29 bits per heavy atom. The molecule has 0 saturated heterocycles. The third-order valence-corrected chi connectivity index (χ3v) is 3.27. The fourth-order valence-corrected chi connectivity index (χ4v) is 2.39. The van der Waals surface area contributed by atoms with Crippen LogP contribution in [-0.2, 0) is 6.54 Å². The van der Waals surface area contributed by atoms with E-state index in [0.29, 0.717) is 6.54 Å². The van der Waals surface area contributed by atoms with E-state index >= 15 is 0 Å². The van der Waals surface area contributed by atoms with Gasteiger partial charge in [0.25, 0.3) is 0 Å². The Kier molecular flexibility index (Phi) is 2.66. The van der Waals surface area contributed by atoms with E-state index in [9.17, 15) is 0 Å². The van der Waals surface area contributed by atoms with E-state index in [4.69, 9.17) is 0 Å². The highest BCUT2D eigenvalue weighted by Gasteiger charge is 2.02. The van der Waals surface area contributed by atoms with Crippen LogP contribution in [0.5, 0.6) is 0 Å². The van der Waals surface area contributed by atoms with Gasteiger partial charge in [-0.2, -0.15) is 4.80 Å². The van der Waals surface area contributed by atoms with Crippen LogP contribution in [0.15, 0.2) is 30.6 Å². The number of nitrogens with zero attached hydrogens (tertiary/aromatic N) is 5. The van der Waals surface area contributed by atoms with Crippen LogP contribution in [0.3, 0.4) is 0 Å².